The molecule has 1 heterocycles. The molecule has 0 radical (unpaired) electrons. The summed E-state index contributed by atoms with van der Waals surface area (Å²) in [6.07, 6.45) is -4.89. The van der Waals surface area contributed by atoms with Crippen molar-refractivity contribution in [1.82, 2.24) is 4.31 Å². The Morgan fingerprint density at radius 1 is 1.02 bits per heavy atom. The molecule has 40 heavy (non-hydrogen) atoms. The zero-order valence-electron chi connectivity index (χ0n) is 21.0. The van der Waals surface area contributed by atoms with Crippen LogP contribution in [-0.2, 0) is 27.4 Å². The van der Waals surface area contributed by atoms with E-state index in [0.29, 0.717) is 11.6 Å². The minimum Gasteiger partial charge on any atom is -0.379 e. The summed E-state index contributed by atoms with van der Waals surface area (Å²) in [7, 11) is -4.03. The maximum Gasteiger partial charge on any atom is 0.417 e. The average molecular weight is 576 g/mol. The van der Waals surface area contributed by atoms with Crippen LogP contribution in [0.1, 0.15) is 29.5 Å². The number of aliphatic hydroxyl groups is 1. The molecule has 1 fully saturated rings. The molecule has 0 saturated carbocycles. The van der Waals surface area contributed by atoms with Gasteiger partial charge in [-0.15, -0.1) is 0 Å². The van der Waals surface area contributed by atoms with E-state index in [1.54, 1.807) is 30.3 Å². The Morgan fingerprint density at radius 2 is 1.70 bits per heavy atom. The van der Waals surface area contributed by atoms with Crippen molar-refractivity contribution in [3.63, 3.8) is 0 Å². The number of rotatable bonds is 7. The van der Waals surface area contributed by atoms with Crippen molar-refractivity contribution in [2.45, 2.75) is 35.9 Å². The maximum absolute atomic E-state index is 13.7. The number of carbonyl (C=O) groups excluding carboxylic acids is 1. The number of amides is 1. The minimum atomic E-state index is -4.84. The van der Waals surface area contributed by atoms with Gasteiger partial charge in [0.15, 0.2) is 0 Å². The van der Waals surface area contributed by atoms with E-state index in [2.05, 4.69) is 5.32 Å². The van der Waals surface area contributed by atoms with Gasteiger partial charge in [0.25, 0.3) is 5.91 Å². The van der Waals surface area contributed by atoms with Gasteiger partial charge in [-0.25, -0.2) is 12.8 Å². The number of carbonyl (C=O) groups is 1. The standard InChI is InChI=1S/C28H25F4N3O4S/c29-22-7-4-8-24(15-22)40(38,39)35-13-11-21(12-14-35)27(37,17-19-5-2-1-3-6-19)26(36)34-23-10-9-20(18-33)25(16-23)28(30,31)32/h1-10,15-16,21,37H,11-14,17H2,(H,34,36). The highest BCUT2D eigenvalue weighted by Gasteiger charge is 2.46. The molecule has 2 N–H and O–H groups in total. The van der Waals surface area contributed by atoms with E-state index in [9.17, 15) is 35.9 Å². The number of alkyl halides is 3. The molecule has 0 bridgehead atoms. The smallest absolute Gasteiger partial charge is 0.379 e. The van der Waals surface area contributed by atoms with Gasteiger partial charge >= 0.3 is 6.18 Å². The Labute approximate surface area is 228 Å². The number of anilines is 1. The molecule has 4 rings (SSSR count). The third-order valence-electron chi connectivity index (χ3n) is 6.98. The number of benzene rings is 3. The number of sulfonamides is 1. The molecule has 1 saturated heterocycles. The number of nitriles is 1. The summed E-state index contributed by atoms with van der Waals surface area (Å²) < 4.78 is 81.2. The van der Waals surface area contributed by atoms with Crippen molar-refractivity contribution < 1.29 is 35.9 Å². The molecule has 12 heteroatoms. The third-order valence-corrected chi connectivity index (χ3v) is 8.87. The first-order chi connectivity index (χ1) is 18.8. The molecular weight excluding hydrogens is 550 g/mol. The van der Waals surface area contributed by atoms with Crippen molar-refractivity contribution in [1.29, 1.82) is 5.26 Å². The first kappa shape index (κ1) is 29.2. The van der Waals surface area contributed by atoms with E-state index in [1.807, 2.05) is 0 Å². The van der Waals surface area contributed by atoms with Gasteiger partial charge in [-0.2, -0.15) is 22.7 Å². The topological polar surface area (TPSA) is 110 Å². The fourth-order valence-corrected chi connectivity index (χ4v) is 6.36. The van der Waals surface area contributed by atoms with Gasteiger partial charge in [0.1, 0.15) is 11.4 Å². The third kappa shape index (κ3) is 6.17. The molecule has 1 aliphatic heterocycles. The Hall–Kier alpha value is -3.79. The van der Waals surface area contributed by atoms with Gasteiger partial charge < -0.3 is 10.4 Å². The van der Waals surface area contributed by atoms with E-state index in [0.717, 1.165) is 28.6 Å². The fourth-order valence-electron chi connectivity index (χ4n) is 4.86. The molecule has 210 valence electrons. The number of hydrogen-bond acceptors (Lipinski definition) is 5. The molecule has 7 nitrogen and oxygen atoms in total. The van der Waals surface area contributed by atoms with Crippen molar-refractivity contribution in [2.24, 2.45) is 5.92 Å². The fraction of sp³-hybridized carbons (Fsp3) is 0.286. The first-order valence-corrected chi connectivity index (χ1v) is 13.7. The molecule has 1 unspecified atom stereocenters. The number of halogens is 4. The normalized spacial score (nSPS) is 16.6. The van der Waals surface area contributed by atoms with Gasteiger partial charge in [-0.3, -0.25) is 4.79 Å². The van der Waals surface area contributed by atoms with Gasteiger partial charge in [-0.05, 0) is 60.7 Å². The van der Waals surface area contributed by atoms with E-state index in [1.165, 1.54) is 18.2 Å². The second-order valence-electron chi connectivity index (χ2n) is 9.55. The Morgan fingerprint density at radius 3 is 2.30 bits per heavy atom. The zero-order chi connectivity index (χ0) is 29.1. The summed E-state index contributed by atoms with van der Waals surface area (Å²) in [5, 5.41) is 23.2. The second kappa shape index (κ2) is 11.4. The molecule has 0 aliphatic carbocycles. The minimum absolute atomic E-state index is 0.0620. The molecule has 0 spiro atoms. The summed E-state index contributed by atoms with van der Waals surface area (Å²) in [4.78, 5) is 13.3. The van der Waals surface area contributed by atoms with Crippen LogP contribution < -0.4 is 5.32 Å². The predicted octanol–water partition coefficient (Wildman–Crippen LogP) is 4.73. The largest absolute Gasteiger partial charge is 0.417 e. The quantitative estimate of drug-likeness (QED) is 0.396. The lowest BCUT2D eigenvalue weighted by Gasteiger charge is -2.40. The summed E-state index contributed by atoms with van der Waals surface area (Å²) in [6, 6.07) is 17.3. The van der Waals surface area contributed by atoms with Crippen molar-refractivity contribution in [2.75, 3.05) is 18.4 Å². The second-order valence-corrected chi connectivity index (χ2v) is 11.5. The first-order valence-electron chi connectivity index (χ1n) is 12.3. The summed E-state index contributed by atoms with van der Waals surface area (Å²) in [6.45, 7) is -0.133. The Balaban J connectivity index is 1.60. The van der Waals surface area contributed by atoms with Crippen molar-refractivity contribution in [3.05, 3.63) is 95.3 Å². The maximum atomic E-state index is 13.7. The van der Waals surface area contributed by atoms with Crippen LogP contribution in [0, 0.1) is 23.1 Å². The lowest BCUT2D eigenvalue weighted by molar-refractivity contribution is -0.142. The van der Waals surface area contributed by atoms with Crippen LogP contribution in [0.25, 0.3) is 0 Å². The molecule has 3 aromatic carbocycles. The molecular formula is C28H25F4N3O4S. The monoisotopic (exact) mass is 575 g/mol. The lowest BCUT2D eigenvalue weighted by atomic mass is 9.76. The number of nitrogens with one attached hydrogen (secondary N) is 1. The van der Waals surface area contributed by atoms with Crippen LogP contribution >= 0.6 is 0 Å². The van der Waals surface area contributed by atoms with E-state index < -0.39 is 50.6 Å². The van der Waals surface area contributed by atoms with Crippen molar-refractivity contribution in [3.8, 4) is 6.07 Å². The van der Waals surface area contributed by atoms with Crippen molar-refractivity contribution >= 4 is 21.6 Å². The van der Waals surface area contributed by atoms with Crippen LogP contribution in [0.4, 0.5) is 23.2 Å². The highest BCUT2D eigenvalue weighted by Crippen LogP contribution is 2.36. The van der Waals surface area contributed by atoms with Crippen LogP contribution in [0.2, 0.25) is 0 Å². The Kier molecular flexibility index (Phi) is 8.30. The molecule has 3 aromatic rings. The number of nitrogens with zero attached hydrogens (tertiary/aromatic N) is 2. The number of hydrogen-bond donors (Lipinski definition) is 2. The summed E-state index contributed by atoms with van der Waals surface area (Å²) in [5.41, 5.74) is -3.62. The van der Waals surface area contributed by atoms with Crippen LogP contribution in [-0.4, -0.2) is 42.4 Å². The summed E-state index contributed by atoms with van der Waals surface area (Å²) >= 11 is 0. The highest BCUT2D eigenvalue weighted by atomic mass is 32.2. The molecule has 1 atom stereocenters. The van der Waals surface area contributed by atoms with Gasteiger partial charge in [-0.1, -0.05) is 36.4 Å². The summed E-state index contributed by atoms with van der Waals surface area (Å²) in [5.74, 6) is -2.42. The molecule has 0 aromatic heterocycles. The lowest BCUT2D eigenvalue weighted by Crippen LogP contribution is -2.54. The molecule has 1 amide bonds. The van der Waals surface area contributed by atoms with Gasteiger partial charge in [0.2, 0.25) is 10.0 Å². The van der Waals surface area contributed by atoms with Crippen LogP contribution in [0.5, 0.6) is 0 Å². The van der Waals surface area contributed by atoms with Crippen LogP contribution in [0.15, 0.2) is 77.7 Å². The average Bonchev–Trinajstić information content (AvgIpc) is 2.93. The van der Waals surface area contributed by atoms with E-state index >= 15 is 0 Å². The zero-order valence-corrected chi connectivity index (χ0v) is 21.8. The predicted molar refractivity (Wildman–Crippen MR) is 138 cm³/mol. The highest BCUT2D eigenvalue weighted by molar-refractivity contribution is 7.89. The van der Waals surface area contributed by atoms with Crippen LogP contribution in [0.3, 0.4) is 0 Å². The van der Waals surface area contributed by atoms with E-state index in [4.69, 9.17) is 5.26 Å². The molecule has 1 aliphatic rings. The van der Waals surface area contributed by atoms with E-state index in [-0.39, 0.29) is 42.9 Å². The Bertz CT molecular complexity index is 1530. The van der Waals surface area contributed by atoms with Gasteiger partial charge in [0.05, 0.1) is 22.1 Å². The SMILES string of the molecule is N#Cc1ccc(NC(=O)C(O)(Cc2ccccc2)C2CCN(S(=O)(=O)c3cccc(F)c3)CC2)cc1C(F)(F)F. The van der Waals surface area contributed by atoms with Gasteiger partial charge in [0, 0.05) is 25.2 Å². The number of piperidine rings is 1.